The molecule has 2 unspecified atom stereocenters. The molecule has 14 nitrogen and oxygen atoms in total. The fourth-order valence-corrected chi connectivity index (χ4v) is 15.4. The fraction of sp³-hybridized carbons (Fsp3) is 0.290. The van der Waals surface area contributed by atoms with Gasteiger partial charge in [-0.05, 0) is 183 Å². The number of pyridine rings is 4. The largest absolute Gasteiger partial charge is 0.361 e. The second-order valence-corrected chi connectivity index (χ2v) is 33.7. The number of benzene rings is 7. The Kier molecular flexibility index (Phi) is 32.5. The van der Waals surface area contributed by atoms with Crippen molar-refractivity contribution in [2.45, 2.75) is 179 Å². The third kappa shape index (κ3) is 24.1. The Balaban J connectivity index is 0.000000143. The molecular formula is C107H123N11O3. The first-order chi connectivity index (χ1) is 58.1. The van der Waals surface area contributed by atoms with Crippen molar-refractivity contribution in [1.29, 1.82) is 0 Å². The predicted molar refractivity (Wildman–Crippen MR) is 513 cm³/mol. The van der Waals surface area contributed by atoms with Gasteiger partial charge >= 0.3 is 0 Å². The second kappa shape index (κ2) is 43.3. The Morgan fingerprint density at radius 2 is 1.06 bits per heavy atom. The van der Waals surface area contributed by atoms with Gasteiger partial charge in [-0.3, -0.25) is 29.3 Å². The zero-order chi connectivity index (χ0) is 87.0. The van der Waals surface area contributed by atoms with Crippen LogP contribution >= 0.6 is 0 Å². The van der Waals surface area contributed by atoms with Crippen LogP contribution in [0.3, 0.4) is 0 Å². The van der Waals surface area contributed by atoms with E-state index in [1.54, 1.807) is 12.1 Å². The lowest BCUT2D eigenvalue weighted by Crippen LogP contribution is -2.44. The maximum absolute atomic E-state index is 11.4. The van der Waals surface area contributed by atoms with Crippen molar-refractivity contribution >= 4 is 95.8 Å². The summed E-state index contributed by atoms with van der Waals surface area (Å²) in [6, 6.07) is 61.8. The summed E-state index contributed by atoms with van der Waals surface area (Å²) in [5.41, 5.74) is 25.1. The van der Waals surface area contributed by atoms with Crippen molar-refractivity contribution in [1.82, 2.24) is 40.8 Å². The lowest BCUT2D eigenvalue weighted by atomic mass is 9.81. The molecule has 4 aliphatic heterocycles. The molecule has 6 aliphatic rings. The minimum absolute atomic E-state index is 0.0209. The number of aromatic nitrogens is 6. The quantitative estimate of drug-likeness (QED) is 0.0927. The number of nitrogens with one attached hydrogen (secondary N) is 5. The van der Waals surface area contributed by atoms with E-state index in [1.807, 2.05) is 122 Å². The van der Waals surface area contributed by atoms with Crippen LogP contribution in [-0.2, 0) is 16.0 Å². The number of fused-ring (bicyclic) bond motifs is 9. The van der Waals surface area contributed by atoms with Crippen LogP contribution in [0.1, 0.15) is 221 Å². The zero-order valence-electron chi connectivity index (χ0n) is 74.1. The molecule has 2 amide bonds. The normalized spacial score (nSPS) is 14.8. The summed E-state index contributed by atoms with van der Waals surface area (Å²) in [4.78, 5) is 51.8. The third-order valence-corrected chi connectivity index (χ3v) is 21.9. The minimum atomic E-state index is -0.0209. The molecule has 14 heteroatoms. The van der Waals surface area contributed by atoms with Crippen LogP contribution in [0.4, 0.5) is 17.1 Å². The van der Waals surface area contributed by atoms with E-state index in [9.17, 15) is 14.4 Å². The van der Waals surface area contributed by atoms with E-state index in [2.05, 4.69) is 334 Å². The van der Waals surface area contributed by atoms with E-state index in [0.717, 1.165) is 56.7 Å². The molecule has 9 heterocycles. The number of H-pyrrole nitrogens is 1. The number of carbonyl (C=O) groups excluding carboxylic acids is 2. The number of anilines is 3. The van der Waals surface area contributed by atoms with Crippen molar-refractivity contribution in [2.24, 2.45) is 17.8 Å². The molecule has 7 aromatic carbocycles. The van der Waals surface area contributed by atoms with Gasteiger partial charge in [-0.25, -0.2) is 0 Å². The van der Waals surface area contributed by atoms with Crippen molar-refractivity contribution in [2.75, 3.05) is 22.1 Å². The number of allylic oxidation sites excluding steroid dienone is 5. The van der Waals surface area contributed by atoms with E-state index in [0.29, 0.717) is 65.8 Å². The van der Waals surface area contributed by atoms with E-state index in [-0.39, 0.29) is 23.4 Å². The Labute approximate surface area is 718 Å². The van der Waals surface area contributed by atoms with Gasteiger partial charge in [0.2, 0.25) is 17.4 Å². The minimum Gasteiger partial charge on any atom is -0.361 e. The average molecular weight is 1610 g/mol. The van der Waals surface area contributed by atoms with Gasteiger partial charge in [0.05, 0.1) is 46.9 Å². The molecule has 18 rings (SSSR count). The summed E-state index contributed by atoms with van der Waals surface area (Å²) < 4.78 is 0. The van der Waals surface area contributed by atoms with Gasteiger partial charge in [-0.1, -0.05) is 294 Å². The summed E-state index contributed by atoms with van der Waals surface area (Å²) >= 11 is 0. The highest BCUT2D eigenvalue weighted by molar-refractivity contribution is 6.01. The summed E-state index contributed by atoms with van der Waals surface area (Å²) in [7, 11) is 0. The Morgan fingerprint density at radius 3 is 1.74 bits per heavy atom. The molecular weight excluding hydrogens is 1490 g/mol. The van der Waals surface area contributed by atoms with Crippen LogP contribution in [0.15, 0.2) is 291 Å². The summed E-state index contributed by atoms with van der Waals surface area (Å²) in [6.45, 7) is 47.5. The smallest absolute Gasteiger partial charge is 0.248 e. The number of carbonyl (C=O) groups is 2. The summed E-state index contributed by atoms with van der Waals surface area (Å²) in [5.74, 6) is 4.60. The Bertz CT molecular complexity index is 5630. The third-order valence-electron chi connectivity index (χ3n) is 21.9. The van der Waals surface area contributed by atoms with Crippen LogP contribution < -0.4 is 31.7 Å². The molecule has 5 N–H and O–H groups in total. The number of nitrogens with zero attached hydrogens (tertiary/aromatic N) is 6. The first kappa shape index (κ1) is 90.6. The standard InChI is InChI=1S/2C13H15N.C12H15NO.C12H13NO.2C12H13N.C11H14N2O.C11H12N2.C11H13N/c1-9(2)11-5-4-6-13-12(11)8-7-10(3)14-13;1-9(2)13-8-14-10(3)11-6-4-5-7-12(11)13;1-8(2)10-5-3-4-9-6-7-11(14)13-12(9)10;1-8(2)10-7-12(14)13-11-6-4-3-5-9(10)11;1-9(2)12-8-13-7-10-5-3-4-6-11(10)12;1-9(2)10-7-8-13-12-6-4-3-5-11(10)12;1-8(2)13-7-11(14)12-9-5-3-4-6-10(9)13;1-8(2)10-7-12-13-11-6-4-3-5-9(10)11;1-8(2)9-6-7-12-11-5-3-4-10(9)11/h2*4-9,14H,3H2,1-2H3;3-9,12H,1-2H3,(H,13,14);3-8H,1-2H3,(H,13,14);2*3-9H,1-2H3;3-6,8H,7H2,1-2H3,(H,12,14);3-8H,1-2H3;3-4,6-8H,5H2,1-2H3. The van der Waals surface area contributed by atoms with Crippen LogP contribution in [0.25, 0.3) is 66.9 Å². The molecule has 0 bridgehead atoms. The first-order valence-corrected chi connectivity index (χ1v) is 42.8. The van der Waals surface area contributed by atoms with Gasteiger partial charge in [0, 0.05) is 111 Å². The van der Waals surface area contributed by atoms with Gasteiger partial charge in [0.15, 0.2) is 0 Å². The van der Waals surface area contributed by atoms with Crippen molar-refractivity contribution < 1.29 is 9.59 Å². The lowest BCUT2D eigenvalue weighted by molar-refractivity contribution is -0.117. The average Bonchev–Trinajstić information content (AvgIpc) is 1.81. The zero-order valence-corrected chi connectivity index (χ0v) is 74.1. The monoisotopic (exact) mass is 1610 g/mol. The van der Waals surface area contributed by atoms with E-state index >= 15 is 0 Å². The molecule has 0 radical (unpaired) electrons. The van der Waals surface area contributed by atoms with Crippen molar-refractivity contribution in [3.05, 3.63) is 358 Å². The highest BCUT2D eigenvalue weighted by atomic mass is 16.2. The summed E-state index contributed by atoms with van der Waals surface area (Å²) in [5, 5.41) is 26.6. The lowest BCUT2D eigenvalue weighted by Gasteiger charge is -2.33. The second-order valence-electron chi connectivity index (χ2n) is 33.7. The van der Waals surface area contributed by atoms with Crippen molar-refractivity contribution in [3.63, 3.8) is 0 Å². The van der Waals surface area contributed by atoms with Crippen molar-refractivity contribution in [3.8, 4) is 0 Å². The van der Waals surface area contributed by atoms with Crippen LogP contribution in [0.5, 0.6) is 0 Å². The van der Waals surface area contributed by atoms with Gasteiger partial charge < -0.3 is 31.2 Å². The highest BCUT2D eigenvalue weighted by Gasteiger charge is 2.29. The topological polar surface area (TPSA) is 183 Å². The summed E-state index contributed by atoms with van der Waals surface area (Å²) in [6.07, 6.45) is 31.1. The van der Waals surface area contributed by atoms with E-state index in [4.69, 9.17) is 0 Å². The van der Waals surface area contributed by atoms with Gasteiger partial charge in [0.25, 0.3) is 0 Å². The molecule has 0 saturated carbocycles. The van der Waals surface area contributed by atoms with Gasteiger partial charge in [-0.2, -0.15) is 10.2 Å². The number of amides is 2. The Hall–Kier alpha value is -12.7. The van der Waals surface area contributed by atoms with Gasteiger partial charge in [0.1, 0.15) is 0 Å². The van der Waals surface area contributed by atoms with Crippen LogP contribution in [-0.4, -0.2) is 60.6 Å². The number of hydrogen-bond acceptors (Lipinski definition) is 11. The van der Waals surface area contributed by atoms with Gasteiger partial charge in [-0.15, -0.1) is 0 Å². The molecule has 0 saturated heterocycles. The molecule has 2 aliphatic carbocycles. The Morgan fingerprint density at radius 1 is 0.471 bits per heavy atom. The number of hydrogen-bond donors (Lipinski definition) is 5. The van der Waals surface area contributed by atoms with E-state index < -0.39 is 0 Å². The highest BCUT2D eigenvalue weighted by Crippen LogP contribution is 2.36. The van der Waals surface area contributed by atoms with Crippen LogP contribution in [0.2, 0.25) is 0 Å². The molecule has 624 valence electrons. The molecule has 2 atom stereocenters. The molecule has 0 spiro atoms. The molecule has 0 fully saturated rings. The predicted octanol–water partition coefficient (Wildman–Crippen LogP) is 25.6. The first-order valence-electron chi connectivity index (χ1n) is 42.8. The maximum Gasteiger partial charge on any atom is 0.248 e. The molecule has 121 heavy (non-hydrogen) atoms. The number of para-hydroxylation sites is 4. The number of rotatable bonds is 9. The SMILES string of the molecule is C=C1C=Cc2c(cccc2C(C)C)N1.C=C1NC=C(C(C)C)c2ccccc21.CC(C)C1=CC=CC2C=CC(=O)NC12.CC(C)N1CC(=O)Nc2ccccc21.CC(C)c1cc(=O)[nH]c2ccccc12.CC(C)c1ccnc2c1C=CC2.CC(C)c1ccnc2ccccc12.CC(C)c1cncc2ccccc12.CC(C)c1cnnc2ccccc12. The molecule has 12 aromatic rings. The maximum atomic E-state index is 11.4. The van der Waals surface area contributed by atoms with E-state index in [1.165, 1.54) is 94.1 Å². The fourth-order valence-electron chi connectivity index (χ4n) is 15.4. The molecule has 5 aromatic heterocycles. The van der Waals surface area contributed by atoms with Crippen LogP contribution in [0, 0.1) is 17.8 Å². The number of aromatic amines is 1.